The summed E-state index contributed by atoms with van der Waals surface area (Å²) in [6.45, 7) is 3.67. The molecular formula is C13H25NS. The van der Waals surface area contributed by atoms with Crippen LogP contribution in [0.25, 0.3) is 0 Å². The van der Waals surface area contributed by atoms with E-state index in [1.807, 2.05) is 0 Å². The van der Waals surface area contributed by atoms with Crippen LogP contribution in [-0.2, 0) is 0 Å². The zero-order valence-electron chi connectivity index (χ0n) is 10.0. The van der Waals surface area contributed by atoms with Gasteiger partial charge >= 0.3 is 0 Å². The maximum atomic E-state index is 3.80. The van der Waals surface area contributed by atoms with Gasteiger partial charge in [0.25, 0.3) is 0 Å². The highest BCUT2D eigenvalue weighted by Crippen LogP contribution is 2.26. The molecular weight excluding hydrogens is 202 g/mol. The zero-order valence-corrected chi connectivity index (χ0v) is 10.8. The summed E-state index contributed by atoms with van der Waals surface area (Å²) in [6, 6.07) is 0.830. The molecule has 3 unspecified atom stereocenters. The van der Waals surface area contributed by atoms with Gasteiger partial charge in [0.1, 0.15) is 0 Å². The Morgan fingerprint density at radius 1 is 1.13 bits per heavy atom. The van der Waals surface area contributed by atoms with Gasteiger partial charge in [0.2, 0.25) is 0 Å². The van der Waals surface area contributed by atoms with E-state index in [-0.39, 0.29) is 0 Å². The average molecular weight is 227 g/mol. The van der Waals surface area contributed by atoms with Crippen molar-refractivity contribution in [1.29, 1.82) is 0 Å². The summed E-state index contributed by atoms with van der Waals surface area (Å²) in [5.41, 5.74) is 0. The van der Waals surface area contributed by atoms with Crippen LogP contribution in [0.2, 0.25) is 0 Å². The number of nitrogens with one attached hydrogen (secondary N) is 1. The minimum absolute atomic E-state index is 0.830. The quantitative estimate of drug-likeness (QED) is 0.792. The molecule has 0 amide bonds. The fraction of sp³-hybridized carbons (Fsp3) is 1.00. The molecule has 1 saturated heterocycles. The third kappa shape index (κ3) is 3.99. The van der Waals surface area contributed by atoms with Crippen LogP contribution in [0.3, 0.4) is 0 Å². The summed E-state index contributed by atoms with van der Waals surface area (Å²) in [5, 5.41) is 4.71. The molecule has 2 rings (SSSR count). The average Bonchev–Trinajstić information content (AvgIpc) is 2.28. The van der Waals surface area contributed by atoms with Gasteiger partial charge in [0, 0.05) is 17.8 Å². The van der Waals surface area contributed by atoms with E-state index in [9.17, 15) is 0 Å². The molecule has 15 heavy (non-hydrogen) atoms. The highest BCUT2D eigenvalue weighted by atomic mass is 32.2. The Morgan fingerprint density at radius 2 is 2.07 bits per heavy atom. The second-order valence-corrected chi connectivity index (χ2v) is 6.77. The summed E-state index contributed by atoms with van der Waals surface area (Å²) in [6.07, 6.45) is 10.1. The monoisotopic (exact) mass is 227 g/mol. The highest BCUT2D eigenvalue weighted by Gasteiger charge is 2.20. The molecule has 0 aromatic rings. The first-order valence-corrected chi connectivity index (χ1v) is 7.74. The minimum atomic E-state index is 0.830. The van der Waals surface area contributed by atoms with Crippen LogP contribution < -0.4 is 5.32 Å². The Bertz CT molecular complexity index is 177. The zero-order chi connectivity index (χ0) is 10.5. The predicted octanol–water partition coefficient (Wildman–Crippen LogP) is 3.44. The molecule has 3 atom stereocenters. The first-order chi connectivity index (χ1) is 7.34. The number of hydrogen-bond acceptors (Lipinski definition) is 2. The molecule has 1 saturated carbocycles. The largest absolute Gasteiger partial charge is 0.313 e. The molecule has 2 fully saturated rings. The third-order valence-corrected chi connectivity index (χ3v) is 5.24. The van der Waals surface area contributed by atoms with Crippen molar-refractivity contribution < 1.29 is 0 Å². The van der Waals surface area contributed by atoms with E-state index in [0.29, 0.717) is 0 Å². The van der Waals surface area contributed by atoms with Crippen molar-refractivity contribution in [1.82, 2.24) is 5.32 Å². The van der Waals surface area contributed by atoms with Crippen LogP contribution in [0.4, 0.5) is 0 Å². The third-order valence-electron chi connectivity index (χ3n) is 3.84. The fourth-order valence-electron chi connectivity index (χ4n) is 2.89. The second-order valence-electron chi connectivity index (χ2n) is 5.37. The van der Waals surface area contributed by atoms with E-state index in [2.05, 4.69) is 24.0 Å². The molecule has 88 valence electrons. The smallest absolute Gasteiger partial charge is 0.0172 e. The Hall–Kier alpha value is 0.310. The van der Waals surface area contributed by atoms with Crippen LogP contribution in [0.15, 0.2) is 0 Å². The van der Waals surface area contributed by atoms with Gasteiger partial charge in [-0.05, 0) is 37.4 Å². The lowest BCUT2D eigenvalue weighted by molar-refractivity contribution is 0.301. The second kappa shape index (κ2) is 6.15. The van der Waals surface area contributed by atoms with Gasteiger partial charge in [0.05, 0.1) is 0 Å². The topological polar surface area (TPSA) is 12.0 Å². The van der Waals surface area contributed by atoms with E-state index in [0.717, 1.165) is 17.2 Å². The van der Waals surface area contributed by atoms with Gasteiger partial charge in [-0.25, -0.2) is 0 Å². The first-order valence-electron chi connectivity index (χ1n) is 6.69. The molecule has 0 bridgehead atoms. The van der Waals surface area contributed by atoms with E-state index < -0.39 is 0 Å². The molecule has 2 aliphatic rings. The fourth-order valence-corrected chi connectivity index (χ4v) is 4.14. The molecule has 1 aliphatic heterocycles. The summed E-state index contributed by atoms with van der Waals surface area (Å²) in [4.78, 5) is 0. The number of rotatable bonds is 3. The van der Waals surface area contributed by atoms with Crippen LogP contribution in [-0.4, -0.2) is 23.6 Å². The maximum Gasteiger partial charge on any atom is 0.0172 e. The maximum absolute atomic E-state index is 3.80. The molecule has 1 N–H and O–H groups in total. The molecule has 1 nitrogen and oxygen atoms in total. The van der Waals surface area contributed by atoms with Gasteiger partial charge in [0.15, 0.2) is 0 Å². The Balaban J connectivity index is 1.63. The van der Waals surface area contributed by atoms with Gasteiger partial charge in [-0.2, -0.15) is 11.8 Å². The Kier molecular flexibility index (Phi) is 4.83. The van der Waals surface area contributed by atoms with Gasteiger partial charge in [-0.15, -0.1) is 0 Å². The van der Waals surface area contributed by atoms with E-state index >= 15 is 0 Å². The van der Waals surface area contributed by atoms with Crippen LogP contribution >= 0.6 is 11.8 Å². The molecule has 2 heteroatoms. The lowest BCUT2D eigenvalue weighted by atomic mass is 9.87. The molecule has 0 radical (unpaired) electrons. The van der Waals surface area contributed by atoms with Gasteiger partial charge in [-0.1, -0.05) is 26.2 Å². The summed E-state index contributed by atoms with van der Waals surface area (Å²) in [7, 11) is 0. The van der Waals surface area contributed by atoms with Crippen molar-refractivity contribution >= 4 is 11.8 Å². The number of hydrogen-bond donors (Lipinski definition) is 1. The lowest BCUT2D eigenvalue weighted by Crippen LogP contribution is -2.38. The van der Waals surface area contributed by atoms with Crippen LogP contribution in [0.1, 0.15) is 51.9 Å². The SMILES string of the molecule is CC1CCCC(NCC2CCCCS2)C1. The van der Waals surface area contributed by atoms with Gasteiger partial charge < -0.3 is 5.32 Å². The normalized spacial score (nSPS) is 37.8. The first kappa shape index (κ1) is 11.8. The van der Waals surface area contributed by atoms with Crippen LogP contribution in [0.5, 0.6) is 0 Å². The van der Waals surface area contributed by atoms with Crippen molar-refractivity contribution in [2.45, 2.75) is 63.2 Å². The van der Waals surface area contributed by atoms with Crippen molar-refractivity contribution in [3.8, 4) is 0 Å². The Labute approximate surface area is 98.8 Å². The van der Waals surface area contributed by atoms with Crippen molar-refractivity contribution in [2.24, 2.45) is 5.92 Å². The molecule has 0 aromatic carbocycles. The van der Waals surface area contributed by atoms with E-state index in [1.165, 1.54) is 57.2 Å². The Morgan fingerprint density at radius 3 is 2.80 bits per heavy atom. The van der Waals surface area contributed by atoms with E-state index in [4.69, 9.17) is 0 Å². The molecule has 0 spiro atoms. The molecule has 1 heterocycles. The summed E-state index contributed by atoms with van der Waals surface area (Å²) >= 11 is 2.19. The van der Waals surface area contributed by atoms with Crippen molar-refractivity contribution in [3.63, 3.8) is 0 Å². The molecule has 0 aromatic heterocycles. The van der Waals surface area contributed by atoms with Crippen molar-refractivity contribution in [3.05, 3.63) is 0 Å². The standard InChI is InChI=1S/C13H25NS/c1-11-5-4-6-12(9-11)14-10-13-7-2-3-8-15-13/h11-14H,2-10H2,1H3. The van der Waals surface area contributed by atoms with Crippen molar-refractivity contribution in [2.75, 3.05) is 12.3 Å². The van der Waals surface area contributed by atoms with Gasteiger partial charge in [-0.3, -0.25) is 0 Å². The minimum Gasteiger partial charge on any atom is -0.313 e. The summed E-state index contributed by atoms with van der Waals surface area (Å²) < 4.78 is 0. The van der Waals surface area contributed by atoms with Crippen LogP contribution in [0, 0.1) is 5.92 Å². The number of thioether (sulfide) groups is 1. The molecule has 1 aliphatic carbocycles. The summed E-state index contributed by atoms with van der Waals surface area (Å²) in [5.74, 6) is 2.35. The predicted molar refractivity (Wildman–Crippen MR) is 69.5 cm³/mol. The van der Waals surface area contributed by atoms with E-state index in [1.54, 1.807) is 0 Å². The lowest BCUT2D eigenvalue weighted by Gasteiger charge is -2.30. The highest BCUT2D eigenvalue weighted by molar-refractivity contribution is 7.99.